The molecule has 0 aliphatic heterocycles. The van der Waals surface area contributed by atoms with Gasteiger partial charge in [-0.2, -0.15) is 10.2 Å². The van der Waals surface area contributed by atoms with Crippen LogP contribution in [0.1, 0.15) is 28.5 Å². The van der Waals surface area contributed by atoms with Gasteiger partial charge < -0.3 is 5.32 Å². The molecule has 0 saturated carbocycles. The number of aromatic nitrogens is 4. The summed E-state index contributed by atoms with van der Waals surface area (Å²) in [6.45, 7) is 3.78. The molecule has 1 amide bonds. The molecule has 0 unspecified atom stereocenters. The number of carbonyl (C=O) groups is 1. The molecule has 0 saturated heterocycles. The summed E-state index contributed by atoms with van der Waals surface area (Å²) >= 11 is 0. The summed E-state index contributed by atoms with van der Waals surface area (Å²) in [5.74, 6) is -6.62. The second kappa shape index (κ2) is 7.22. The Bertz CT molecular complexity index is 1010. The van der Waals surface area contributed by atoms with Gasteiger partial charge in [0.2, 0.25) is 0 Å². The summed E-state index contributed by atoms with van der Waals surface area (Å²) in [6, 6.07) is 0.272. The second-order valence-electron chi connectivity index (χ2n) is 5.79. The maximum atomic E-state index is 13.8. The second-order valence-corrected chi connectivity index (χ2v) is 5.79. The Labute approximate surface area is 151 Å². The molecule has 0 aliphatic rings. The molecule has 0 fully saturated rings. The predicted molar refractivity (Wildman–Crippen MR) is 88.2 cm³/mol. The van der Waals surface area contributed by atoms with Crippen molar-refractivity contribution in [3.05, 3.63) is 64.7 Å². The van der Waals surface area contributed by atoms with E-state index >= 15 is 0 Å². The SMILES string of the molecule is CCn1ncc(C(=O)Nc2cnn(Cc3c(F)cc(F)c(F)c3F)c2)c1C. The molecule has 0 bridgehead atoms. The molecule has 2 aromatic heterocycles. The minimum atomic E-state index is -1.75. The van der Waals surface area contributed by atoms with Crippen molar-refractivity contribution in [2.45, 2.75) is 26.9 Å². The van der Waals surface area contributed by atoms with Crippen molar-refractivity contribution >= 4 is 11.6 Å². The van der Waals surface area contributed by atoms with Crippen LogP contribution in [0.15, 0.2) is 24.7 Å². The maximum absolute atomic E-state index is 13.8. The van der Waals surface area contributed by atoms with E-state index in [4.69, 9.17) is 0 Å². The van der Waals surface area contributed by atoms with E-state index in [1.165, 1.54) is 18.6 Å². The summed E-state index contributed by atoms with van der Waals surface area (Å²) in [5.41, 5.74) is 0.664. The molecule has 10 heteroatoms. The van der Waals surface area contributed by atoms with Crippen LogP contribution in [0.4, 0.5) is 23.2 Å². The zero-order valence-electron chi connectivity index (χ0n) is 14.4. The average molecular weight is 381 g/mol. The van der Waals surface area contributed by atoms with Gasteiger partial charge in [0.05, 0.1) is 30.2 Å². The number of amides is 1. The third kappa shape index (κ3) is 3.55. The highest BCUT2D eigenvalue weighted by molar-refractivity contribution is 6.04. The predicted octanol–water partition coefficient (Wildman–Crippen LogP) is 3.26. The third-order valence-corrected chi connectivity index (χ3v) is 4.07. The van der Waals surface area contributed by atoms with Crippen LogP contribution in [0.2, 0.25) is 0 Å². The lowest BCUT2D eigenvalue weighted by molar-refractivity contribution is 0.102. The minimum Gasteiger partial charge on any atom is -0.319 e. The lowest BCUT2D eigenvalue weighted by Gasteiger charge is -2.07. The molecule has 27 heavy (non-hydrogen) atoms. The first-order valence-electron chi connectivity index (χ1n) is 7.99. The van der Waals surface area contributed by atoms with Crippen molar-refractivity contribution in [3.63, 3.8) is 0 Å². The highest BCUT2D eigenvalue weighted by atomic mass is 19.2. The molecule has 2 heterocycles. The van der Waals surface area contributed by atoms with E-state index in [0.717, 1.165) is 4.68 Å². The molecule has 1 aromatic carbocycles. The lowest BCUT2D eigenvalue weighted by atomic mass is 10.2. The summed E-state index contributed by atoms with van der Waals surface area (Å²) in [5, 5.41) is 10.5. The van der Waals surface area contributed by atoms with Gasteiger partial charge in [-0.05, 0) is 13.8 Å². The number of halogens is 4. The Morgan fingerprint density at radius 1 is 1.11 bits per heavy atom. The minimum absolute atomic E-state index is 0.270. The first-order valence-corrected chi connectivity index (χ1v) is 7.99. The number of rotatable bonds is 5. The van der Waals surface area contributed by atoms with Crippen molar-refractivity contribution in [3.8, 4) is 0 Å². The van der Waals surface area contributed by atoms with Crippen LogP contribution >= 0.6 is 0 Å². The van der Waals surface area contributed by atoms with Crippen LogP contribution in [0.3, 0.4) is 0 Å². The van der Waals surface area contributed by atoms with E-state index in [2.05, 4.69) is 15.5 Å². The molecule has 142 valence electrons. The largest absolute Gasteiger partial charge is 0.319 e. The topological polar surface area (TPSA) is 64.7 Å². The van der Waals surface area contributed by atoms with Crippen molar-refractivity contribution < 1.29 is 22.4 Å². The van der Waals surface area contributed by atoms with Gasteiger partial charge in [-0.3, -0.25) is 14.2 Å². The van der Waals surface area contributed by atoms with Crippen LogP contribution in [-0.4, -0.2) is 25.5 Å². The van der Waals surface area contributed by atoms with Crippen molar-refractivity contribution in [1.29, 1.82) is 0 Å². The van der Waals surface area contributed by atoms with Crippen LogP contribution in [0.5, 0.6) is 0 Å². The van der Waals surface area contributed by atoms with Crippen LogP contribution < -0.4 is 5.32 Å². The Hall–Kier alpha value is -3.17. The van der Waals surface area contributed by atoms with Gasteiger partial charge >= 0.3 is 0 Å². The first kappa shape index (κ1) is 18.6. The highest BCUT2D eigenvalue weighted by Gasteiger charge is 2.20. The normalized spacial score (nSPS) is 11.0. The van der Waals surface area contributed by atoms with Crippen LogP contribution in [0.25, 0.3) is 0 Å². The Morgan fingerprint density at radius 2 is 1.85 bits per heavy atom. The van der Waals surface area contributed by atoms with Gasteiger partial charge in [-0.25, -0.2) is 17.6 Å². The third-order valence-electron chi connectivity index (χ3n) is 4.07. The summed E-state index contributed by atoms with van der Waals surface area (Å²) in [7, 11) is 0. The van der Waals surface area contributed by atoms with Gasteiger partial charge in [0.25, 0.3) is 5.91 Å². The van der Waals surface area contributed by atoms with E-state index in [0.29, 0.717) is 17.8 Å². The van der Waals surface area contributed by atoms with Gasteiger partial charge in [0.1, 0.15) is 5.82 Å². The first-order chi connectivity index (χ1) is 12.8. The monoisotopic (exact) mass is 381 g/mol. The molecular formula is C17H15F4N5O. The van der Waals surface area contributed by atoms with E-state index in [9.17, 15) is 22.4 Å². The van der Waals surface area contributed by atoms with Crippen molar-refractivity contribution in [2.24, 2.45) is 0 Å². The standard InChI is InChI=1S/C17H15F4N5O/c1-3-26-9(2)11(6-23-26)17(27)24-10-5-22-25(7-10)8-12-13(18)4-14(19)16(21)15(12)20/h4-7H,3,8H2,1-2H3,(H,24,27). The zero-order chi connectivity index (χ0) is 19.7. The molecule has 0 aliphatic carbocycles. The Morgan fingerprint density at radius 3 is 2.52 bits per heavy atom. The fraction of sp³-hybridized carbons (Fsp3) is 0.235. The molecule has 1 N–H and O–H groups in total. The molecule has 0 spiro atoms. The molecular weight excluding hydrogens is 366 g/mol. The van der Waals surface area contributed by atoms with Gasteiger partial charge in [-0.15, -0.1) is 0 Å². The highest BCUT2D eigenvalue weighted by Crippen LogP contribution is 2.20. The van der Waals surface area contributed by atoms with E-state index in [1.54, 1.807) is 11.6 Å². The number of aryl methyl sites for hydroxylation is 1. The van der Waals surface area contributed by atoms with Gasteiger partial charge in [0.15, 0.2) is 17.5 Å². The number of hydrogen-bond donors (Lipinski definition) is 1. The maximum Gasteiger partial charge on any atom is 0.259 e. The smallest absolute Gasteiger partial charge is 0.259 e. The van der Waals surface area contributed by atoms with Crippen LogP contribution in [-0.2, 0) is 13.1 Å². The van der Waals surface area contributed by atoms with Gasteiger partial charge in [-0.1, -0.05) is 0 Å². The number of nitrogens with zero attached hydrogens (tertiary/aromatic N) is 4. The lowest BCUT2D eigenvalue weighted by Crippen LogP contribution is -2.13. The fourth-order valence-corrected chi connectivity index (χ4v) is 2.61. The van der Waals surface area contributed by atoms with E-state index < -0.39 is 41.3 Å². The van der Waals surface area contributed by atoms with E-state index in [1.807, 2.05) is 6.92 Å². The number of hydrogen-bond acceptors (Lipinski definition) is 3. The molecule has 6 nitrogen and oxygen atoms in total. The fourth-order valence-electron chi connectivity index (χ4n) is 2.61. The van der Waals surface area contributed by atoms with Crippen molar-refractivity contribution in [1.82, 2.24) is 19.6 Å². The number of nitrogens with one attached hydrogen (secondary N) is 1. The number of anilines is 1. The Kier molecular flexibility index (Phi) is 4.98. The molecule has 0 radical (unpaired) electrons. The summed E-state index contributed by atoms with van der Waals surface area (Å²) in [4.78, 5) is 12.3. The quantitative estimate of drug-likeness (QED) is 0.419. The zero-order valence-corrected chi connectivity index (χ0v) is 14.4. The number of benzene rings is 1. The molecule has 3 rings (SSSR count). The average Bonchev–Trinajstić information content (AvgIpc) is 3.22. The summed E-state index contributed by atoms with van der Waals surface area (Å²) < 4.78 is 56.5. The Balaban J connectivity index is 1.77. The molecule has 3 aromatic rings. The van der Waals surface area contributed by atoms with E-state index in [-0.39, 0.29) is 11.8 Å². The summed E-state index contributed by atoms with van der Waals surface area (Å²) in [6.07, 6.45) is 4.02. The van der Waals surface area contributed by atoms with Crippen LogP contribution in [0, 0.1) is 30.2 Å². The van der Waals surface area contributed by atoms with Crippen molar-refractivity contribution in [2.75, 3.05) is 5.32 Å². The molecule has 0 atom stereocenters. The number of carbonyl (C=O) groups excluding carboxylic acids is 1. The van der Waals surface area contributed by atoms with Gasteiger partial charge in [0, 0.05) is 30.1 Å².